The standard InChI is InChI=1S/C20H25FN2O2/c1-4-23(14-16-9-10-19(25-3)18(21)13-16)20(24)22-12-11-17-8-6-5-7-15(17)2/h5-10,13H,4,11-12,14H2,1-3H3,(H,22,24). The van der Waals surface area contributed by atoms with Gasteiger partial charge in [-0.3, -0.25) is 0 Å². The van der Waals surface area contributed by atoms with Crippen molar-refractivity contribution in [3.05, 3.63) is 65.0 Å². The van der Waals surface area contributed by atoms with E-state index in [1.54, 1.807) is 17.0 Å². The third kappa shape index (κ3) is 5.21. The molecule has 2 aromatic rings. The van der Waals surface area contributed by atoms with Gasteiger partial charge in [-0.2, -0.15) is 0 Å². The van der Waals surface area contributed by atoms with Crippen LogP contribution in [0.1, 0.15) is 23.6 Å². The summed E-state index contributed by atoms with van der Waals surface area (Å²) in [6.07, 6.45) is 0.785. The van der Waals surface area contributed by atoms with Crippen molar-refractivity contribution in [1.29, 1.82) is 0 Å². The molecule has 0 atom stereocenters. The Morgan fingerprint density at radius 1 is 1.24 bits per heavy atom. The van der Waals surface area contributed by atoms with Gasteiger partial charge in [0.1, 0.15) is 0 Å². The average Bonchev–Trinajstić information content (AvgIpc) is 2.61. The Labute approximate surface area is 148 Å². The zero-order valence-corrected chi connectivity index (χ0v) is 15.0. The van der Waals surface area contributed by atoms with Crippen molar-refractivity contribution >= 4 is 6.03 Å². The lowest BCUT2D eigenvalue weighted by molar-refractivity contribution is 0.198. The summed E-state index contributed by atoms with van der Waals surface area (Å²) in [6.45, 7) is 5.43. The highest BCUT2D eigenvalue weighted by molar-refractivity contribution is 5.74. The molecule has 2 amide bonds. The van der Waals surface area contributed by atoms with Crippen LogP contribution >= 0.6 is 0 Å². The van der Waals surface area contributed by atoms with Gasteiger partial charge >= 0.3 is 6.03 Å². The Hall–Kier alpha value is -2.56. The van der Waals surface area contributed by atoms with Crippen LogP contribution in [0.2, 0.25) is 0 Å². The number of hydrogen-bond acceptors (Lipinski definition) is 2. The van der Waals surface area contributed by atoms with Crippen LogP contribution in [-0.4, -0.2) is 31.1 Å². The largest absolute Gasteiger partial charge is 0.494 e. The molecule has 0 spiro atoms. The van der Waals surface area contributed by atoms with E-state index in [2.05, 4.69) is 24.4 Å². The minimum Gasteiger partial charge on any atom is -0.494 e. The van der Waals surface area contributed by atoms with E-state index in [0.717, 1.165) is 12.0 Å². The highest BCUT2D eigenvalue weighted by Crippen LogP contribution is 2.18. The third-order valence-electron chi connectivity index (χ3n) is 4.19. The fraction of sp³-hybridized carbons (Fsp3) is 0.350. The van der Waals surface area contributed by atoms with E-state index in [-0.39, 0.29) is 11.8 Å². The van der Waals surface area contributed by atoms with E-state index in [0.29, 0.717) is 19.6 Å². The van der Waals surface area contributed by atoms with Crippen molar-refractivity contribution in [1.82, 2.24) is 10.2 Å². The molecule has 5 heteroatoms. The number of carbonyl (C=O) groups is 1. The number of nitrogens with one attached hydrogen (secondary N) is 1. The van der Waals surface area contributed by atoms with Gasteiger partial charge in [-0.15, -0.1) is 0 Å². The maximum absolute atomic E-state index is 13.8. The monoisotopic (exact) mass is 344 g/mol. The van der Waals surface area contributed by atoms with Crippen LogP contribution in [-0.2, 0) is 13.0 Å². The predicted octanol–water partition coefficient (Wildman–Crippen LogP) is 3.92. The first-order valence-electron chi connectivity index (χ1n) is 8.44. The molecular formula is C20H25FN2O2. The van der Waals surface area contributed by atoms with Crippen molar-refractivity contribution < 1.29 is 13.9 Å². The zero-order valence-electron chi connectivity index (χ0n) is 15.0. The molecule has 25 heavy (non-hydrogen) atoms. The van der Waals surface area contributed by atoms with Gasteiger partial charge < -0.3 is 15.0 Å². The summed E-state index contributed by atoms with van der Waals surface area (Å²) >= 11 is 0. The molecule has 1 N–H and O–H groups in total. The fourth-order valence-corrected chi connectivity index (χ4v) is 2.66. The molecule has 0 saturated carbocycles. The molecule has 0 aliphatic rings. The minimum absolute atomic E-state index is 0.146. The lowest BCUT2D eigenvalue weighted by atomic mass is 10.1. The summed E-state index contributed by atoms with van der Waals surface area (Å²) in [7, 11) is 1.43. The van der Waals surface area contributed by atoms with Gasteiger partial charge in [0.2, 0.25) is 0 Å². The second-order valence-corrected chi connectivity index (χ2v) is 5.89. The highest BCUT2D eigenvalue weighted by Gasteiger charge is 2.13. The SMILES string of the molecule is CCN(Cc1ccc(OC)c(F)c1)C(=O)NCCc1ccccc1C. The smallest absolute Gasteiger partial charge is 0.317 e. The normalized spacial score (nSPS) is 10.4. The molecule has 0 radical (unpaired) electrons. The molecule has 0 bridgehead atoms. The van der Waals surface area contributed by atoms with Gasteiger partial charge in [0, 0.05) is 19.6 Å². The lowest BCUT2D eigenvalue weighted by Crippen LogP contribution is -2.40. The molecule has 0 fully saturated rings. The van der Waals surface area contributed by atoms with Crippen LogP contribution in [0.25, 0.3) is 0 Å². The quantitative estimate of drug-likeness (QED) is 0.827. The molecule has 0 aliphatic carbocycles. The van der Waals surface area contributed by atoms with Gasteiger partial charge in [-0.1, -0.05) is 30.3 Å². The second kappa shape index (κ2) is 9.06. The van der Waals surface area contributed by atoms with Gasteiger partial charge in [0.15, 0.2) is 11.6 Å². The van der Waals surface area contributed by atoms with Crippen LogP contribution < -0.4 is 10.1 Å². The topological polar surface area (TPSA) is 41.6 Å². The average molecular weight is 344 g/mol. The van der Waals surface area contributed by atoms with Crippen molar-refractivity contribution in [2.24, 2.45) is 0 Å². The van der Waals surface area contributed by atoms with Gasteiger partial charge in [0.05, 0.1) is 7.11 Å². The Bertz CT molecular complexity index is 719. The van der Waals surface area contributed by atoms with Crippen molar-refractivity contribution in [3.63, 3.8) is 0 Å². The summed E-state index contributed by atoms with van der Waals surface area (Å²) in [5.74, 6) is -0.217. The number of nitrogens with zero attached hydrogens (tertiary/aromatic N) is 1. The molecule has 0 saturated heterocycles. The Kier molecular flexibility index (Phi) is 6.81. The van der Waals surface area contributed by atoms with Crippen LogP contribution in [0.5, 0.6) is 5.75 Å². The fourth-order valence-electron chi connectivity index (χ4n) is 2.66. The Morgan fingerprint density at radius 2 is 2.00 bits per heavy atom. The molecule has 134 valence electrons. The number of aryl methyl sites for hydroxylation is 1. The summed E-state index contributed by atoms with van der Waals surface area (Å²) in [5.41, 5.74) is 3.18. The Morgan fingerprint density at radius 3 is 2.64 bits per heavy atom. The maximum atomic E-state index is 13.8. The first-order chi connectivity index (χ1) is 12.0. The molecule has 0 heterocycles. The van der Waals surface area contributed by atoms with Crippen LogP contribution in [0.4, 0.5) is 9.18 Å². The van der Waals surface area contributed by atoms with E-state index in [4.69, 9.17) is 4.74 Å². The van der Waals surface area contributed by atoms with Crippen LogP contribution in [0.3, 0.4) is 0 Å². The molecule has 0 unspecified atom stereocenters. The number of benzene rings is 2. The molecule has 2 aromatic carbocycles. The lowest BCUT2D eigenvalue weighted by Gasteiger charge is -2.22. The molecule has 4 nitrogen and oxygen atoms in total. The van der Waals surface area contributed by atoms with Crippen molar-refractivity contribution in [2.75, 3.05) is 20.2 Å². The number of hydrogen-bond donors (Lipinski definition) is 1. The number of urea groups is 1. The first kappa shape index (κ1) is 18.8. The van der Waals surface area contributed by atoms with Crippen LogP contribution in [0.15, 0.2) is 42.5 Å². The number of ether oxygens (including phenoxy) is 1. The predicted molar refractivity (Wildman–Crippen MR) is 97.3 cm³/mol. The molecule has 0 aliphatic heterocycles. The summed E-state index contributed by atoms with van der Waals surface area (Å²) in [4.78, 5) is 14.0. The molecule has 2 rings (SSSR count). The summed E-state index contributed by atoms with van der Waals surface area (Å²) in [6, 6.07) is 12.7. The van der Waals surface area contributed by atoms with E-state index >= 15 is 0 Å². The zero-order chi connectivity index (χ0) is 18.2. The van der Waals surface area contributed by atoms with Crippen molar-refractivity contribution in [3.8, 4) is 5.75 Å². The molecule has 0 aromatic heterocycles. The summed E-state index contributed by atoms with van der Waals surface area (Å²) in [5, 5.41) is 2.94. The van der Waals surface area contributed by atoms with Gasteiger partial charge in [-0.25, -0.2) is 9.18 Å². The van der Waals surface area contributed by atoms with E-state index in [1.165, 1.54) is 24.3 Å². The highest BCUT2D eigenvalue weighted by atomic mass is 19.1. The van der Waals surface area contributed by atoms with E-state index in [1.807, 2.05) is 19.1 Å². The number of rotatable bonds is 7. The number of methoxy groups -OCH3 is 1. The molecular weight excluding hydrogens is 319 g/mol. The van der Waals surface area contributed by atoms with E-state index < -0.39 is 5.82 Å². The van der Waals surface area contributed by atoms with Crippen LogP contribution in [0, 0.1) is 12.7 Å². The third-order valence-corrected chi connectivity index (χ3v) is 4.19. The first-order valence-corrected chi connectivity index (χ1v) is 8.44. The van der Waals surface area contributed by atoms with Gasteiger partial charge in [0.25, 0.3) is 0 Å². The van der Waals surface area contributed by atoms with Gasteiger partial charge in [-0.05, 0) is 49.1 Å². The number of halogens is 1. The summed E-state index contributed by atoms with van der Waals surface area (Å²) < 4.78 is 18.7. The Balaban J connectivity index is 1.90. The number of carbonyl (C=O) groups excluding carboxylic acids is 1. The number of amides is 2. The van der Waals surface area contributed by atoms with Crippen molar-refractivity contribution in [2.45, 2.75) is 26.8 Å². The maximum Gasteiger partial charge on any atom is 0.317 e. The second-order valence-electron chi connectivity index (χ2n) is 5.89. The minimum atomic E-state index is -0.420. The van der Waals surface area contributed by atoms with E-state index in [9.17, 15) is 9.18 Å².